The molecule has 3 nitrogen and oxygen atoms in total. The summed E-state index contributed by atoms with van der Waals surface area (Å²) in [5.41, 5.74) is 0.684. The lowest BCUT2D eigenvalue weighted by Crippen LogP contribution is -2.10. The van der Waals surface area contributed by atoms with E-state index in [0.29, 0.717) is 23.0 Å². The average Bonchev–Trinajstić information content (AvgIpc) is 2.78. The van der Waals surface area contributed by atoms with Crippen molar-refractivity contribution in [2.45, 2.75) is 24.5 Å². The number of nitrogens with zero attached hydrogens (tertiary/aromatic N) is 2. The Balaban J connectivity index is 2.07. The predicted molar refractivity (Wildman–Crippen MR) is 82.7 cm³/mol. The fourth-order valence-electron chi connectivity index (χ4n) is 1.76. The Hall–Kier alpha value is -0.490. The van der Waals surface area contributed by atoms with E-state index < -0.39 is 6.10 Å². The van der Waals surface area contributed by atoms with Crippen LogP contribution in [0.15, 0.2) is 39.8 Å². The molecule has 0 saturated carbocycles. The number of aliphatic hydroxyl groups excluding tert-OH is 1. The summed E-state index contributed by atoms with van der Waals surface area (Å²) in [4.78, 5) is 1.10. The lowest BCUT2D eigenvalue weighted by molar-refractivity contribution is 0.192. The number of hydrogen-bond acceptors (Lipinski definition) is 3. The van der Waals surface area contributed by atoms with E-state index >= 15 is 0 Å². The first kappa shape index (κ1) is 14.9. The number of aliphatic hydroxyl groups is 1. The van der Waals surface area contributed by atoms with Gasteiger partial charge in [-0.3, -0.25) is 4.68 Å². The van der Waals surface area contributed by atoms with E-state index in [1.54, 1.807) is 22.6 Å². The van der Waals surface area contributed by atoms with Crippen molar-refractivity contribution in [1.82, 2.24) is 9.78 Å². The topological polar surface area (TPSA) is 38.0 Å². The van der Waals surface area contributed by atoms with E-state index in [1.165, 1.54) is 0 Å². The molecular formula is C13H14BrClN2OS. The Morgan fingerprint density at radius 1 is 1.47 bits per heavy atom. The molecule has 1 aromatic heterocycles. The second-order valence-corrected chi connectivity index (χ2v) is 6.27. The van der Waals surface area contributed by atoms with Gasteiger partial charge < -0.3 is 5.11 Å². The van der Waals surface area contributed by atoms with Crippen LogP contribution >= 0.6 is 39.3 Å². The van der Waals surface area contributed by atoms with Gasteiger partial charge in [0, 0.05) is 21.7 Å². The third-order valence-electron chi connectivity index (χ3n) is 2.68. The highest BCUT2D eigenvalue weighted by Crippen LogP contribution is 2.32. The van der Waals surface area contributed by atoms with Crippen LogP contribution in [-0.2, 0) is 6.54 Å². The summed E-state index contributed by atoms with van der Waals surface area (Å²) >= 11 is 11.1. The fraction of sp³-hybridized carbons (Fsp3) is 0.308. The minimum Gasteiger partial charge on any atom is -0.386 e. The molecule has 6 heteroatoms. The SMILES string of the molecule is CCn1ncc(Cl)c1C(O)CSc1ccccc1Br. The van der Waals surface area contributed by atoms with Gasteiger partial charge in [-0.1, -0.05) is 23.7 Å². The molecule has 0 fully saturated rings. The number of thioether (sulfide) groups is 1. The smallest absolute Gasteiger partial charge is 0.106 e. The molecule has 0 aliphatic carbocycles. The third kappa shape index (κ3) is 3.54. The predicted octanol–water partition coefficient (Wildman–Crippen LogP) is 4.14. The largest absolute Gasteiger partial charge is 0.386 e. The van der Waals surface area contributed by atoms with Crippen molar-refractivity contribution in [3.8, 4) is 0 Å². The zero-order chi connectivity index (χ0) is 13.8. The van der Waals surface area contributed by atoms with Gasteiger partial charge in [0.2, 0.25) is 0 Å². The van der Waals surface area contributed by atoms with Crippen LogP contribution in [-0.4, -0.2) is 20.6 Å². The van der Waals surface area contributed by atoms with Gasteiger partial charge in [0.1, 0.15) is 6.10 Å². The number of hydrogen-bond donors (Lipinski definition) is 1. The lowest BCUT2D eigenvalue weighted by atomic mass is 10.3. The van der Waals surface area contributed by atoms with Crippen molar-refractivity contribution in [3.63, 3.8) is 0 Å². The molecule has 19 heavy (non-hydrogen) atoms. The van der Waals surface area contributed by atoms with Crippen LogP contribution in [0.2, 0.25) is 5.02 Å². The highest BCUT2D eigenvalue weighted by molar-refractivity contribution is 9.10. The van der Waals surface area contributed by atoms with E-state index in [2.05, 4.69) is 21.0 Å². The molecule has 1 unspecified atom stereocenters. The number of aromatic nitrogens is 2. The molecule has 2 rings (SSSR count). The molecule has 1 atom stereocenters. The standard InChI is InChI=1S/C13H14BrClN2OS/c1-2-17-13(10(15)7-16-17)11(18)8-19-12-6-4-3-5-9(12)14/h3-7,11,18H,2,8H2,1H3. The van der Waals surface area contributed by atoms with E-state index in [-0.39, 0.29) is 0 Å². The first-order valence-corrected chi connectivity index (χ1v) is 8.05. The summed E-state index contributed by atoms with van der Waals surface area (Å²) in [5.74, 6) is 0.536. The molecular weight excluding hydrogens is 348 g/mol. The molecule has 1 heterocycles. The van der Waals surface area contributed by atoms with Crippen LogP contribution in [0.1, 0.15) is 18.7 Å². The second-order valence-electron chi connectivity index (χ2n) is 3.95. The van der Waals surface area contributed by atoms with E-state index in [0.717, 1.165) is 9.37 Å². The molecule has 1 aromatic carbocycles. The normalized spacial score (nSPS) is 12.6. The second kappa shape index (κ2) is 6.79. The van der Waals surface area contributed by atoms with Gasteiger partial charge >= 0.3 is 0 Å². The van der Waals surface area contributed by atoms with Crippen molar-refractivity contribution in [2.75, 3.05) is 5.75 Å². The van der Waals surface area contributed by atoms with Crippen LogP contribution in [0, 0.1) is 0 Å². The number of benzene rings is 1. The maximum absolute atomic E-state index is 10.3. The molecule has 0 amide bonds. The third-order valence-corrected chi connectivity index (χ3v) is 5.08. The number of aryl methyl sites for hydroxylation is 1. The number of rotatable bonds is 5. The molecule has 0 bridgehead atoms. The molecule has 102 valence electrons. The van der Waals surface area contributed by atoms with Gasteiger partial charge in [0.05, 0.1) is 16.9 Å². The van der Waals surface area contributed by atoms with E-state index in [9.17, 15) is 5.11 Å². The van der Waals surface area contributed by atoms with Gasteiger partial charge in [-0.2, -0.15) is 5.10 Å². The van der Waals surface area contributed by atoms with Gasteiger partial charge in [-0.05, 0) is 35.0 Å². The molecule has 1 N–H and O–H groups in total. The summed E-state index contributed by atoms with van der Waals surface area (Å²) in [6, 6.07) is 7.94. The van der Waals surface area contributed by atoms with E-state index in [1.807, 2.05) is 31.2 Å². The Bertz CT molecular complexity index is 561. The molecule has 0 aliphatic heterocycles. The minimum atomic E-state index is -0.632. The highest BCUT2D eigenvalue weighted by atomic mass is 79.9. The molecule has 2 aromatic rings. The zero-order valence-electron chi connectivity index (χ0n) is 10.4. The number of halogens is 2. The van der Waals surface area contributed by atoms with Crippen molar-refractivity contribution < 1.29 is 5.11 Å². The van der Waals surface area contributed by atoms with Crippen molar-refractivity contribution >= 4 is 39.3 Å². The maximum Gasteiger partial charge on any atom is 0.106 e. The first-order valence-electron chi connectivity index (χ1n) is 5.90. The maximum atomic E-state index is 10.3. The Morgan fingerprint density at radius 2 is 2.21 bits per heavy atom. The van der Waals surface area contributed by atoms with Crippen molar-refractivity contribution in [2.24, 2.45) is 0 Å². The Labute approximate surface area is 130 Å². The summed E-state index contributed by atoms with van der Waals surface area (Å²) in [5, 5.41) is 14.9. The summed E-state index contributed by atoms with van der Waals surface area (Å²) in [6.45, 7) is 2.67. The summed E-state index contributed by atoms with van der Waals surface area (Å²) in [6.07, 6.45) is 0.944. The monoisotopic (exact) mass is 360 g/mol. The molecule has 0 saturated heterocycles. The molecule has 0 aliphatic rings. The van der Waals surface area contributed by atoms with Crippen LogP contribution in [0.5, 0.6) is 0 Å². The summed E-state index contributed by atoms with van der Waals surface area (Å²) in [7, 11) is 0. The molecule has 0 radical (unpaired) electrons. The summed E-state index contributed by atoms with van der Waals surface area (Å²) < 4.78 is 2.76. The van der Waals surface area contributed by atoms with Gasteiger partial charge in [-0.15, -0.1) is 11.8 Å². The van der Waals surface area contributed by atoms with Crippen LogP contribution in [0.3, 0.4) is 0 Å². The lowest BCUT2D eigenvalue weighted by Gasteiger charge is -2.13. The van der Waals surface area contributed by atoms with Crippen LogP contribution in [0.4, 0.5) is 0 Å². The average molecular weight is 362 g/mol. The minimum absolute atomic E-state index is 0.516. The van der Waals surface area contributed by atoms with E-state index in [4.69, 9.17) is 11.6 Å². The Kier molecular flexibility index (Phi) is 5.33. The molecule has 0 spiro atoms. The highest BCUT2D eigenvalue weighted by Gasteiger charge is 2.18. The first-order chi connectivity index (χ1) is 9.13. The van der Waals surface area contributed by atoms with Crippen LogP contribution in [0.25, 0.3) is 0 Å². The Morgan fingerprint density at radius 3 is 2.89 bits per heavy atom. The van der Waals surface area contributed by atoms with Gasteiger partial charge in [-0.25, -0.2) is 0 Å². The van der Waals surface area contributed by atoms with Gasteiger partial charge in [0.15, 0.2) is 0 Å². The van der Waals surface area contributed by atoms with Crippen molar-refractivity contribution in [1.29, 1.82) is 0 Å². The quantitative estimate of drug-likeness (QED) is 0.813. The van der Waals surface area contributed by atoms with Gasteiger partial charge in [0.25, 0.3) is 0 Å². The zero-order valence-corrected chi connectivity index (χ0v) is 13.5. The van der Waals surface area contributed by atoms with Crippen molar-refractivity contribution in [3.05, 3.63) is 45.7 Å². The van der Waals surface area contributed by atoms with Crippen LogP contribution < -0.4 is 0 Å². The fourth-order valence-corrected chi connectivity index (χ4v) is 3.54.